The van der Waals surface area contributed by atoms with Crippen LogP contribution in [0.2, 0.25) is 0 Å². The minimum Gasteiger partial charge on any atom is -0.459 e. The Kier molecular flexibility index (Phi) is 4.76. The third kappa shape index (κ3) is 4.24. The van der Waals surface area contributed by atoms with E-state index in [1.807, 2.05) is 0 Å². The van der Waals surface area contributed by atoms with Crippen molar-refractivity contribution in [3.63, 3.8) is 0 Å². The molecular formula is C16H19N3O2. The van der Waals surface area contributed by atoms with Crippen LogP contribution in [-0.2, 0) is 17.9 Å². The molecule has 3 rings (SSSR count). The summed E-state index contributed by atoms with van der Waals surface area (Å²) < 4.78 is 10.9. The van der Waals surface area contributed by atoms with Crippen LogP contribution in [0.25, 0.3) is 0 Å². The van der Waals surface area contributed by atoms with E-state index in [9.17, 15) is 0 Å². The molecule has 0 amide bonds. The minimum absolute atomic E-state index is 0.412. The Labute approximate surface area is 124 Å². The summed E-state index contributed by atoms with van der Waals surface area (Å²) in [5.74, 6) is 0. The first-order valence-corrected chi connectivity index (χ1v) is 7.18. The number of aromatic nitrogens is 2. The summed E-state index contributed by atoms with van der Waals surface area (Å²) in [5, 5.41) is 0. The van der Waals surface area contributed by atoms with Crippen molar-refractivity contribution >= 4 is 0 Å². The van der Waals surface area contributed by atoms with Crippen molar-refractivity contribution in [1.29, 1.82) is 0 Å². The third-order valence-electron chi connectivity index (χ3n) is 3.44. The topological polar surface area (TPSA) is 47.5 Å². The second-order valence-corrected chi connectivity index (χ2v) is 5.03. The van der Waals surface area contributed by atoms with Crippen LogP contribution in [-0.4, -0.2) is 41.2 Å². The first-order chi connectivity index (χ1) is 10.4. The molecule has 0 spiro atoms. The van der Waals surface area contributed by atoms with E-state index in [0.717, 1.165) is 38.4 Å². The summed E-state index contributed by atoms with van der Waals surface area (Å²) in [4.78, 5) is 10.5. The summed E-state index contributed by atoms with van der Waals surface area (Å²) in [6.45, 7) is 5.16. The second kappa shape index (κ2) is 7.15. The zero-order valence-electron chi connectivity index (χ0n) is 11.9. The van der Waals surface area contributed by atoms with Gasteiger partial charge in [0.25, 0.3) is 0 Å². The van der Waals surface area contributed by atoms with Gasteiger partial charge in [0.05, 0.1) is 13.2 Å². The van der Waals surface area contributed by atoms with Crippen LogP contribution in [0.15, 0.2) is 42.7 Å². The molecule has 1 aliphatic rings. The van der Waals surface area contributed by atoms with Gasteiger partial charge in [-0.05, 0) is 17.2 Å². The van der Waals surface area contributed by atoms with Crippen molar-refractivity contribution in [3.8, 4) is 6.01 Å². The number of morpholine rings is 1. The van der Waals surface area contributed by atoms with Crippen molar-refractivity contribution in [2.45, 2.75) is 13.2 Å². The monoisotopic (exact) mass is 285 g/mol. The van der Waals surface area contributed by atoms with E-state index in [1.165, 1.54) is 5.56 Å². The van der Waals surface area contributed by atoms with Gasteiger partial charge in [-0.2, -0.15) is 0 Å². The SMILES string of the molecule is c1cnc(OCc2ccc(CN3CCOCC3)cc2)nc1. The molecule has 110 valence electrons. The van der Waals surface area contributed by atoms with Crippen molar-refractivity contribution in [2.24, 2.45) is 0 Å². The maximum Gasteiger partial charge on any atom is 0.316 e. The lowest BCUT2D eigenvalue weighted by molar-refractivity contribution is 0.0342. The minimum atomic E-state index is 0.412. The number of benzene rings is 1. The van der Waals surface area contributed by atoms with E-state index in [4.69, 9.17) is 9.47 Å². The van der Waals surface area contributed by atoms with Crippen molar-refractivity contribution in [1.82, 2.24) is 14.9 Å². The molecule has 0 unspecified atom stereocenters. The molecule has 2 heterocycles. The number of hydrogen-bond acceptors (Lipinski definition) is 5. The van der Waals surface area contributed by atoms with Gasteiger partial charge in [-0.25, -0.2) is 9.97 Å². The Balaban J connectivity index is 1.51. The predicted molar refractivity (Wildman–Crippen MR) is 78.9 cm³/mol. The molecule has 0 N–H and O–H groups in total. The Morgan fingerprint density at radius 3 is 2.38 bits per heavy atom. The molecule has 1 saturated heterocycles. The van der Waals surface area contributed by atoms with Crippen LogP contribution in [0, 0.1) is 0 Å². The van der Waals surface area contributed by atoms with Crippen LogP contribution in [0.4, 0.5) is 0 Å². The van der Waals surface area contributed by atoms with E-state index in [2.05, 4.69) is 39.1 Å². The lowest BCUT2D eigenvalue weighted by atomic mass is 10.1. The Hall–Kier alpha value is -1.98. The summed E-state index contributed by atoms with van der Waals surface area (Å²) in [6.07, 6.45) is 3.35. The standard InChI is InChI=1S/C16H19N3O2/c1-6-17-16(18-7-1)21-13-15-4-2-14(3-5-15)12-19-8-10-20-11-9-19/h1-7H,8-13H2. The zero-order valence-corrected chi connectivity index (χ0v) is 11.9. The zero-order chi connectivity index (χ0) is 14.3. The molecule has 1 aliphatic heterocycles. The maximum absolute atomic E-state index is 5.53. The molecule has 0 bridgehead atoms. The van der Waals surface area contributed by atoms with Gasteiger partial charge in [0, 0.05) is 32.0 Å². The summed E-state index contributed by atoms with van der Waals surface area (Å²) in [6, 6.07) is 10.7. The fourth-order valence-corrected chi connectivity index (χ4v) is 2.27. The van der Waals surface area contributed by atoms with Gasteiger partial charge in [0.1, 0.15) is 6.61 Å². The largest absolute Gasteiger partial charge is 0.459 e. The van der Waals surface area contributed by atoms with Gasteiger partial charge in [-0.3, -0.25) is 4.90 Å². The van der Waals surface area contributed by atoms with E-state index in [-0.39, 0.29) is 0 Å². The molecule has 1 fully saturated rings. The van der Waals surface area contributed by atoms with Gasteiger partial charge < -0.3 is 9.47 Å². The molecule has 5 nitrogen and oxygen atoms in total. The van der Waals surface area contributed by atoms with Crippen LogP contribution in [0.1, 0.15) is 11.1 Å². The van der Waals surface area contributed by atoms with Crippen molar-refractivity contribution in [2.75, 3.05) is 26.3 Å². The molecule has 21 heavy (non-hydrogen) atoms. The number of rotatable bonds is 5. The Morgan fingerprint density at radius 1 is 1.00 bits per heavy atom. The van der Waals surface area contributed by atoms with Gasteiger partial charge in [0.15, 0.2) is 0 Å². The number of ether oxygens (including phenoxy) is 2. The fourth-order valence-electron chi connectivity index (χ4n) is 2.27. The summed E-state index contributed by atoms with van der Waals surface area (Å²) in [5.41, 5.74) is 2.43. The number of nitrogens with zero attached hydrogens (tertiary/aromatic N) is 3. The average molecular weight is 285 g/mol. The van der Waals surface area contributed by atoms with Crippen LogP contribution in [0.3, 0.4) is 0 Å². The smallest absolute Gasteiger partial charge is 0.316 e. The molecule has 1 aromatic heterocycles. The quantitative estimate of drug-likeness (QED) is 0.839. The highest BCUT2D eigenvalue weighted by atomic mass is 16.5. The van der Waals surface area contributed by atoms with E-state index in [0.29, 0.717) is 12.6 Å². The molecular weight excluding hydrogens is 266 g/mol. The van der Waals surface area contributed by atoms with Crippen LogP contribution in [0.5, 0.6) is 6.01 Å². The molecule has 5 heteroatoms. The third-order valence-corrected chi connectivity index (χ3v) is 3.44. The predicted octanol–water partition coefficient (Wildman–Crippen LogP) is 1.89. The van der Waals surface area contributed by atoms with E-state index in [1.54, 1.807) is 18.5 Å². The fraction of sp³-hybridized carbons (Fsp3) is 0.375. The van der Waals surface area contributed by atoms with Gasteiger partial charge >= 0.3 is 6.01 Å². The average Bonchev–Trinajstić information content (AvgIpc) is 2.56. The van der Waals surface area contributed by atoms with Crippen LogP contribution >= 0.6 is 0 Å². The van der Waals surface area contributed by atoms with E-state index >= 15 is 0 Å². The second-order valence-electron chi connectivity index (χ2n) is 5.03. The lowest BCUT2D eigenvalue weighted by Gasteiger charge is -2.26. The highest BCUT2D eigenvalue weighted by Crippen LogP contribution is 2.10. The maximum atomic E-state index is 5.53. The van der Waals surface area contributed by atoms with Gasteiger partial charge in [-0.1, -0.05) is 24.3 Å². The lowest BCUT2D eigenvalue weighted by Crippen LogP contribution is -2.35. The van der Waals surface area contributed by atoms with Crippen molar-refractivity contribution < 1.29 is 9.47 Å². The molecule has 0 aliphatic carbocycles. The molecule has 0 radical (unpaired) electrons. The summed E-state index contributed by atoms with van der Waals surface area (Å²) in [7, 11) is 0. The highest BCUT2D eigenvalue weighted by molar-refractivity contribution is 5.22. The molecule has 0 saturated carbocycles. The first kappa shape index (κ1) is 14.0. The van der Waals surface area contributed by atoms with E-state index < -0.39 is 0 Å². The Bertz CT molecular complexity index is 539. The molecule has 1 aromatic carbocycles. The summed E-state index contributed by atoms with van der Waals surface area (Å²) >= 11 is 0. The normalized spacial score (nSPS) is 15.8. The highest BCUT2D eigenvalue weighted by Gasteiger charge is 2.10. The van der Waals surface area contributed by atoms with Gasteiger partial charge in [-0.15, -0.1) is 0 Å². The molecule has 0 atom stereocenters. The van der Waals surface area contributed by atoms with Gasteiger partial charge in [0.2, 0.25) is 0 Å². The van der Waals surface area contributed by atoms with Crippen LogP contribution < -0.4 is 4.74 Å². The Morgan fingerprint density at radius 2 is 1.67 bits per heavy atom. The molecule has 2 aromatic rings. The number of hydrogen-bond donors (Lipinski definition) is 0. The van der Waals surface area contributed by atoms with Crippen molar-refractivity contribution in [3.05, 3.63) is 53.9 Å². The first-order valence-electron chi connectivity index (χ1n) is 7.18.